The quantitative estimate of drug-likeness (QED) is 0.705. The third kappa shape index (κ3) is 2.45. The Bertz CT molecular complexity index is 769. The minimum Gasteiger partial charge on any atom is -0.289 e. The first-order valence-electron chi connectivity index (χ1n) is 6.85. The maximum Gasteiger partial charge on any atom is 0.189 e. The molecule has 0 fully saturated rings. The maximum atomic E-state index is 12.5. The van der Waals surface area contributed by atoms with Crippen molar-refractivity contribution in [1.82, 2.24) is 0 Å². The summed E-state index contributed by atoms with van der Waals surface area (Å²) in [5.41, 5.74) is 5.37. The fraction of sp³-hybridized carbons (Fsp3) is 0.105. The van der Waals surface area contributed by atoms with Crippen LogP contribution in [0.2, 0.25) is 5.02 Å². The molecule has 0 amide bonds. The van der Waals surface area contributed by atoms with E-state index in [0.29, 0.717) is 12.0 Å². The van der Waals surface area contributed by atoms with E-state index < -0.39 is 0 Å². The van der Waals surface area contributed by atoms with Gasteiger partial charge in [-0.1, -0.05) is 60.6 Å². The van der Waals surface area contributed by atoms with Crippen molar-refractivity contribution in [3.63, 3.8) is 0 Å². The number of aryl methyl sites for hydroxylation is 1. The summed E-state index contributed by atoms with van der Waals surface area (Å²) < 4.78 is 0. The number of benzene rings is 2. The van der Waals surface area contributed by atoms with Crippen molar-refractivity contribution >= 4 is 28.5 Å². The Hall–Kier alpha value is -2.12. The number of rotatable bonds is 2. The molecule has 1 aliphatic carbocycles. The molecule has 0 spiro atoms. The number of hydrogen-bond acceptors (Lipinski definition) is 1. The van der Waals surface area contributed by atoms with Crippen molar-refractivity contribution in [2.45, 2.75) is 13.3 Å². The lowest BCUT2D eigenvalue weighted by molar-refractivity contribution is -0.110. The van der Waals surface area contributed by atoms with Gasteiger partial charge in [-0.2, -0.15) is 0 Å². The Balaban J connectivity index is 2.20. The van der Waals surface area contributed by atoms with E-state index in [1.165, 1.54) is 0 Å². The second-order valence-corrected chi connectivity index (χ2v) is 5.70. The van der Waals surface area contributed by atoms with Crippen molar-refractivity contribution in [1.29, 1.82) is 0 Å². The molecule has 0 heterocycles. The van der Waals surface area contributed by atoms with Gasteiger partial charge in [-0.05, 0) is 40.8 Å². The van der Waals surface area contributed by atoms with Gasteiger partial charge in [0, 0.05) is 17.0 Å². The van der Waals surface area contributed by atoms with Crippen LogP contribution in [0.4, 0.5) is 0 Å². The molecule has 0 atom stereocenters. The minimum atomic E-state index is 0.0351. The van der Waals surface area contributed by atoms with E-state index in [9.17, 15) is 4.79 Å². The van der Waals surface area contributed by atoms with Crippen LogP contribution in [0.25, 0.3) is 11.1 Å². The van der Waals surface area contributed by atoms with Gasteiger partial charge in [0.25, 0.3) is 0 Å². The lowest BCUT2D eigenvalue weighted by Crippen LogP contribution is -1.97. The molecule has 1 nitrogen and oxygen atoms in total. The molecule has 0 radical (unpaired) electrons. The molecule has 21 heavy (non-hydrogen) atoms. The molecule has 0 saturated heterocycles. The largest absolute Gasteiger partial charge is 0.289 e. The van der Waals surface area contributed by atoms with Gasteiger partial charge in [-0.25, -0.2) is 0 Å². The second kappa shape index (κ2) is 5.34. The molecule has 3 rings (SSSR count). The number of carbonyl (C=O) groups is 1. The van der Waals surface area contributed by atoms with Gasteiger partial charge in [0.05, 0.1) is 0 Å². The van der Waals surface area contributed by atoms with Gasteiger partial charge in [-0.3, -0.25) is 4.79 Å². The van der Waals surface area contributed by atoms with Crippen LogP contribution in [0.3, 0.4) is 0 Å². The maximum absolute atomic E-state index is 12.5. The van der Waals surface area contributed by atoms with Gasteiger partial charge in [0.2, 0.25) is 0 Å². The Morgan fingerprint density at radius 2 is 1.76 bits per heavy atom. The van der Waals surface area contributed by atoms with Gasteiger partial charge in [0.1, 0.15) is 0 Å². The summed E-state index contributed by atoms with van der Waals surface area (Å²) in [5, 5.41) is 0.720. The van der Waals surface area contributed by atoms with E-state index in [1.807, 2.05) is 55.5 Å². The Labute approximate surface area is 129 Å². The van der Waals surface area contributed by atoms with Gasteiger partial charge in [0.15, 0.2) is 5.78 Å². The molecule has 0 aliphatic heterocycles. The molecule has 0 unspecified atom stereocenters. The molecule has 2 aromatic carbocycles. The van der Waals surface area contributed by atoms with Crippen LogP contribution in [-0.2, 0) is 4.79 Å². The highest BCUT2D eigenvalue weighted by Gasteiger charge is 2.28. The fourth-order valence-corrected chi connectivity index (χ4v) is 2.81. The summed E-state index contributed by atoms with van der Waals surface area (Å²) in [4.78, 5) is 12.5. The first kappa shape index (κ1) is 13.8. The zero-order valence-electron chi connectivity index (χ0n) is 11.8. The number of Topliss-reactive ketones (excluding diaryl/α,β-unsaturated/α-hetero) is 1. The molecular weight excluding hydrogens is 280 g/mol. The SMILES string of the molecule is C=C1CC(c2ccc(C)c(Cl)c2)=C(c2ccccc2)C1=O. The smallest absolute Gasteiger partial charge is 0.189 e. The van der Waals surface area contributed by atoms with Crippen LogP contribution >= 0.6 is 11.6 Å². The summed E-state index contributed by atoms with van der Waals surface area (Å²) in [6, 6.07) is 15.7. The normalized spacial score (nSPS) is 15.0. The highest BCUT2D eigenvalue weighted by atomic mass is 35.5. The number of halogens is 1. The third-order valence-corrected chi connectivity index (χ3v) is 4.23. The number of ketones is 1. The average Bonchev–Trinajstić information content (AvgIpc) is 2.79. The minimum absolute atomic E-state index is 0.0351. The summed E-state index contributed by atoms with van der Waals surface area (Å²) in [7, 11) is 0. The summed E-state index contributed by atoms with van der Waals surface area (Å²) in [6.45, 7) is 5.87. The molecular formula is C19H15ClO. The first-order valence-corrected chi connectivity index (χ1v) is 7.23. The van der Waals surface area contributed by atoms with Gasteiger partial charge < -0.3 is 0 Å². The zero-order chi connectivity index (χ0) is 15.0. The Kier molecular flexibility index (Phi) is 3.52. The summed E-state index contributed by atoms with van der Waals surface area (Å²) >= 11 is 6.23. The van der Waals surface area contributed by atoms with Crippen LogP contribution in [0.1, 0.15) is 23.1 Å². The van der Waals surface area contributed by atoms with Gasteiger partial charge in [-0.15, -0.1) is 0 Å². The van der Waals surface area contributed by atoms with Gasteiger partial charge >= 0.3 is 0 Å². The predicted octanol–water partition coefficient (Wildman–Crippen LogP) is 5.09. The number of hydrogen-bond donors (Lipinski definition) is 0. The van der Waals surface area contributed by atoms with E-state index in [4.69, 9.17) is 11.6 Å². The highest BCUT2D eigenvalue weighted by molar-refractivity contribution is 6.38. The van der Waals surface area contributed by atoms with Crippen LogP contribution < -0.4 is 0 Å². The molecule has 104 valence electrons. The molecule has 1 aliphatic rings. The lowest BCUT2D eigenvalue weighted by Gasteiger charge is -2.08. The molecule has 2 aromatic rings. The zero-order valence-corrected chi connectivity index (χ0v) is 12.6. The average molecular weight is 295 g/mol. The summed E-state index contributed by atoms with van der Waals surface area (Å²) in [6.07, 6.45) is 0.586. The molecule has 0 N–H and O–H groups in total. The topological polar surface area (TPSA) is 17.1 Å². The van der Waals surface area contributed by atoms with Crippen molar-refractivity contribution in [2.75, 3.05) is 0 Å². The van der Waals surface area contributed by atoms with E-state index in [0.717, 1.165) is 32.9 Å². The molecule has 0 aromatic heterocycles. The van der Waals surface area contributed by atoms with Crippen molar-refractivity contribution in [3.05, 3.63) is 82.4 Å². The van der Waals surface area contributed by atoms with E-state index >= 15 is 0 Å². The fourth-order valence-electron chi connectivity index (χ4n) is 2.63. The van der Waals surface area contributed by atoms with Crippen LogP contribution in [0, 0.1) is 6.92 Å². The van der Waals surface area contributed by atoms with E-state index in [-0.39, 0.29) is 5.78 Å². The number of allylic oxidation sites excluding steroid dienone is 3. The monoisotopic (exact) mass is 294 g/mol. The van der Waals surface area contributed by atoms with Crippen molar-refractivity contribution in [2.24, 2.45) is 0 Å². The van der Waals surface area contributed by atoms with Crippen molar-refractivity contribution in [3.8, 4) is 0 Å². The lowest BCUT2D eigenvalue weighted by atomic mass is 9.96. The van der Waals surface area contributed by atoms with Crippen molar-refractivity contribution < 1.29 is 4.79 Å². The predicted molar refractivity (Wildman–Crippen MR) is 88.2 cm³/mol. The second-order valence-electron chi connectivity index (χ2n) is 5.29. The van der Waals surface area contributed by atoms with Crippen LogP contribution in [-0.4, -0.2) is 5.78 Å². The molecule has 2 heteroatoms. The Morgan fingerprint density at radius 1 is 1.05 bits per heavy atom. The standard InChI is InChI=1S/C19H15ClO/c1-12-8-9-15(11-17(12)20)16-10-13(2)19(21)18(16)14-6-4-3-5-7-14/h3-9,11H,2,10H2,1H3. The molecule has 0 bridgehead atoms. The summed E-state index contributed by atoms with van der Waals surface area (Å²) in [5.74, 6) is 0.0351. The molecule has 0 saturated carbocycles. The van der Waals surface area contributed by atoms with Crippen LogP contribution in [0.5, 0.6) is 0 Å². The highest BCUT2D eigenvalue weighted by Crippen LogP contribution is 2.40. The Morgan fingerprint density at radius 3 is 2.43 bits per heavy atom. The van der Waals surface area contributed by atoms with E-state index in [2.05, 4.69) is 6.58 Å². The number of carbonyl (C=O) groups excluding carboxylic acids is 1. The van der Waals surface area contributed by atoms with Crippen LogP contribution in [0.15, 0.2) is 60.7 Å². The van der Waals surface area contributed by atoms with E-state index in [1.54, 1.807) is 0 Å². The third-order valence-electron chi connectivity index (χ3n) is 3.82. The first-order chi connectivity index (χ1) is 10.1.